The van der Waals surface area contributed by atoms with Crippen molar-refractivity contribution in [3.63, 3.8) is 0 Å². The van der Waals surface area contributed by atoms with Gasteiger partial charge in [0.1, 0.15) is 12.1 Å². The van der Waals surface area contributed by atoms with Crippen molar-refractivity contribution in [1.82, 2.24) is 19.9 Å². The molecule has 0 aromatic carbocycles. The van der Waals surface area contributed by atoms with Gasteiger partial charge in [0.2, 0.25) is 0 Å². The predicted octanol–water partition coefficient (Wildman–Crippen LogP) is 1.52. The number of aryl methyl sites for hydroxylation is 2. The molecule has 0 aliphatic rings. The van der Waals surface area contributed by atoms with Gasteiger partial charge in [0, 0.05) is 12.5 Å². The average Bonchev–Trinajstić information content (AvgIpc) is 2.74. The van der Waals surface area contributed by atoms with Gasteiger partial charge in [-0.25, -0.2) is 4.98 Å². The van der Waals surface area contributed by atoms with E-state index >= 15 is 0 Å². The normalized spacial score (nSPS) is 10.7. The lowest BCUT2D eigenvalue weighted by molar-refractivity contribution is 0.393. The van der Waals surface area contributed by atoms with Crippen molar-refractivity contribution in [2.75, 3.05) is 0 Å². The average molecular weight is 192 g/mol. The fourth-order valence-corrected chi connectivity index (χ4v) is 1.21. The predicted molar refractivity (Wildman–Crippen MR) is 50.2 cm³/mol. The van der Waals surface area contributed by atoms with E-state index in [9.17, 15) is 0 Å². The van der Waals surface area contributed by atoms with E-state index in [0.29, 0.717) is 5.82 Å². The lowest BCUT2D eigenvalue weighted by Gasteiger charge is -1.90. The molecule has 0 saturated heterocycles. The van der Waals surface area contributed by atoms with E-state index in [2.05, 4.69) is 22.2 Å². The highest BCUT2D eigenvalue weighted by Gasteiger charge is 2.05. The molecule has 0 aliphatic heterocycles. The minimum Gasteiger partial charge on any atom is -0.359 e. The maximum absolute atomic E-state index is 4.95. The van der Waals surface area contributed by atoms with Gasteiger partial charge in [0.15, 0.2) is 11.6 Å². The van der Waals surface area contributed by atoms with Crippen molar-refractivity contribution >= 4 is 0 Å². The summed E-state index contributed by atoms with van der Waals surface area (Å²) in [7, 11) is 0. The van der Waals surface area contributed by atoms with Crippen molar-refractivity contribution in [1.29, 1.82) is 0 Å². The van der Waals surface area contributed by atoms with E-state index in [1.165, 1.54) is 0 Å². The van der Waals surface area contributed by atoms with Crippen LogP contribution in [-0.2, 0) is 6.42 Å². The molecule has 2 heterocycles. The second-order valence-electron chi connectivity index (χ2n) is 3.15. The van der Waals surface area contributed by atoms with Gasteiger partial charge in [0.05, 0.1) is 0 Å². The first-order valence-corrected chi connectivity index (χ1v) is 4.64. The maximum Gasteiger partial charge on any atom is 0.198 e. The smallest absolute Gasteiger partial charge is 0.198 e. The molecule has 0 fully saturated rings. The summed E-state index contributed by atoms with van der Waals surface area (Å²) in [5, 5.41) is 8.11. The Morgan fingerprint density at radius 2 is 2.36 bits per heavy atom. The molecule has 0 saturated carbocycles. The van der Waals surface area contributed by atoms with Crippen LogP contribution >= 0.6 is 0 Å². The Hall–Kier alpha value is -1.65. The molecular weight excluding hydrogens is 180 g/mol. The van der Waals surface area contributed by atoms with E-state index in [4.69, 9.17) is 4.52 Å². The van der Waals surface area contributed by atoms with Gasteiger partial charge in [-0.1, -0.05) is 12.1 Å². The Kier molecular flexibility index (Phi) is 2.30. The summed E-state index contributed by atoms with van der Waals surface area (Å²) < 4.78 is 6.58. The monoisotopic (exact) mass is 192 g/mol. The van der Waals surface area contributed by atoms with Gasteiger partial charge in [-0.3, -0.25) is 0 Å². The van der Waals surface area contributed by atoms with E-state index in [1.54, 1.807) is 11.0 Å². The Morgan fingerprint density at radius 3 is 3.00 bits per heavy atom. The topological polar surface area (TPSA) is 56.7 Å². The van der Waals surface area contributed by atoms with E-state index in [-0.39, 0.29) is 0 Å². The Balaban J connectivity index is 2.24. The zero-order valence-corrected chi connectivity index (χ0v) is 8.27. The van der Waals surface area contributed by atoms with Crippen LogP contribution in [-0.4, -0.2) is 19.9 Å². The van der Waals surface area contributed by atoms with Crippen molar-refractivity contribution < 1.29 is 4.52 Å². The standard InChI is InChI=1S/C9H12N4O/c1-3-4-8-10-6-13(11-8)9-5-7(2)14-12-9/h5-6H,3-4H2,1-2H3. The van der Waals surface area contributed by atoms with Crippen LogP contribution in [0.1, 0.15) is 24.9 Å². The lowest BCUT2D eigenvalue weighted by Crippen LogP contribution is -1.95. The van der Waals surface area contributed by atoms with Gasteiger partial charge in [-0.05, 0) is 13.3 Å². The molecule has 2 aromatic rings. The van der Waals surface area contributed by atoms with Crippen molar-refractivity contribution in [2.24, 2.45) is 0 Å². The Labute approximate surface area is 81.7 Å². The molecule has 0 unspecified atom stereocenters. The van der Waals surface area contributed by atoms with Crippen molar-refractivity contribution in [3.8, 4) is 5.82 Å². The van der Waals surface area contributed by atoms with Crippen LogP contribution in [0.4, 0.5) is 0 Å². The number of hydrogen-bond donors (Lipinski definition) is 0. The second kappa shape index (κ2) is 3.61. The molecule has 5 heteroatoms. The maximum atomic E-state index is 4.95. The van der Waals surface area contributed by atoms with E-state index < -0.39 is 0 Å². The second-order valence-corrected chi connectivity index (χ2v) is 3.15. The van der Waals surface area contributed by atoms with Crippen LogP contribution in [0, 0.1) is 6.92 Å². The van der Waals surface area contributed by atoms with Crippen LogP contribution in [0.3, 0.4) is 0 Å². The first-order chi connectivity index (χ1) is 6.79. The minimum atomic E-state index is 0.678. The fraction of sp³-hybridized carbons (Fsp3) is 0.444. The number of nitrogens with zero attached hydrogens (tertiary/aromatic N) is 4. The zero-order valence-electron chi connectivity index (χ0n) is 8.27. The van der Waals surface area contributed by atoms with Gasteiger partial charge in [-0.2, -0.15) is 4.68 Å². The lowest BCUT2D eigenvalue weighted by atomic mass is 10.3. The summed E-state index contributed by atoms with van der Waals surface area (Å²) in [6.07, 6.45) is 3.59. The summed E-state index contributed by atoms with van der Waals surface area (Å²) in [5.74, 6) is 2.29. The van der Waals surface area contributed by atoms with Gasteiger partial charge in [0.25, 0.3) is 0 Å². The highest BCUT2D eigenvalue weighted by molar-refractivity contribution is 5.19. The van der Waals surface area contributed by atoms with Gasteiger partial charge < -0.3 is 4.52 Å². The van der Waals surface area contributed by atoms with Gasteiger partial charge in [-0.15, -0.1) is 5.10 Å². The van der Waals surface area contributed by atoms with Crippen LogP contribution < -0.4 is 0 Å². The molecule has 0 spiro atoms. The third-order valence-corrected chi connectivity index (χ3v) is 1.86. The van der Waals surface area contributed by atoms with Gasteiger partial charge >= 0.3 is 0 Å². The zero-order chi connectivity index (χ0) is 9.97. The van der Waals surface area contributed by atoms with Crippen molar-refractivity contribution in [3.05, 3.63) is 24.0 Å². The molecule has 2 rings (SSSR count). The highest BCUT2D eigenvalue weighted by atomic mass is 16.5. The molecular formula is C9H12N4O. The third-order valence-electron chi connectivity index (χ3n) is 1.86. The molecule has 74 valence electrons. The molecule has 0 amide bonds. The fourth-order valence-electron chi connectivity index (χ4n) is 1.21. The molecule has 0 bridgehead atoms. The van der Waals surface area contributed by atoms with E-state index in [0.717, 1.165) is 24.4 Å². The molecule has 0 radical (unpaired) electrons. The number of hydrogen-bond acceptors (Lipinski definition) is 4. The van der Waals surface area contributed by atoms with E-state index in [1.807, 2.05) is 13.0 Å². The SMILES string of the molecule is CCCc1ncn(-c2cc(C)on2)n1. The minimum absolute atomic E-state index is 0.678. The number of aromatic nitrogens is 4. The summed E-state index contributed by atoms with van der Waals surface area (Å²) in [6, 6.07) is 1.82. The first-order valence-electron chi connectivity index (χ1n) is 4.64. The molecule has 2 aromatic heterocycles. The van der Waals surface area contributed by atoms with Crippen LogP contribution in [0.5, 0.6) is 0 Å². The summed E-state index contributed by atoms with van der Waals surface area (Å²) in [6.45, 7) is 3.95. The molecule has 14 heavy (non-hydrogen) atoms. The van der Waals surface area contributed by atoms with Crippen LogP contribution in [0.15, 0.2) is 16.9 Å². The molecule has 0 aliphatic carbocycles. The molecule has 0 atom stereocenters. The Bertz CT molecular complexity index is 418. The third kappa shape index (κ3) is 1.66. The molecule has 5 nitrogen and oxygen atoms in total. The summed E-state index contributed by atoms with van der Waals surface area (Å²) in [5.41, 5.74) is 0. The van der Waals surface area contributed by atoms with Crippen LogP contribution in [0.2, 0.25) is 0 Å². The largest absolute Gasteiger partial charge is 0.359 e. The number of rotatable bonds is 3. The molecule has 0 N–H and O–H groups in total. The highest BCUT2D eigenvalue weighted by Crippen LogP contribution is 2.06. The van der Waals surface area contributed by atoms with Crippen LogP contribution in [0.25, 0.3) is 5.82 Å². The summed E-state index contributed by atoms with van der Waals surface area (Å²) >= 11 is 0. The summed E-state index contributed by atoms with van der Waals surface area (Å²) in [4.78, 5) is 4.16. The Morgan fingerprint density at radius 1 is 1.50 bits per heavy atom. The first kappa shape index (κ1) is 8.93. The quantitative estimate of drug-likeness (QED) is 0.739. The van der Waals surface area contributed by atoms with Crippen molar-refractivity contribution in [2.45, 2.75) is 26.7 Å².